The summed E-state index contributed by atoms with van der Waals surface area (Å²) in [6.45, 7) is 3.70. The van der Waals surface area contributed by atoms with E-state index in [-0.39, 0.29) is 24.5 Å². The fraction of sp³-hybridized carbons (Fsp3) is 0.222. The number of aromatic hydroxyl groups is 2. The van der Waals surface area contributed by atoms with Gasteiger partial charge >= 0.3 is 5.97 Å². The minimum Gasteiger partial charge on any atom is -0.507 e. The van der Waals surface area contributed by atoms with Crippen molar-refractivity contribution in [1.82, 2.24) is 0 Å². The van der Waals surface area contributed by atoms with Gasteiger partial charge in [0.25, 0.3) is 0 Å². The van der Waals surface area contributed by atoms with Gasteiger partial charge in [-0.3, -0.25) is 9.59 Å². The third kappa shape index (κ3) is 4.46. The molecule has 0 fully saturated rings. The summed E-state index contributed by atoms with van der Waals surface area (Å²) in [5.41, 5.74) is -3.13. The Hall–Kier alpha value is -4.47. The first-order chi connectivity index (χ1) is 17.7. The van der Waals surface area contributed by atoms with Gasteiger partial charge in [-0.25, -0.2) is 13.6 Å². The molecule has 8 nitrogen and oxygen atoms in total. The summed E-state index contributed by atoms with van der Waals surface area (Å²) in [4.78, 5) is 38.3. The van der Waals surface area contributed by atoms with E-state index in [2.05, 4.69) is 5.32 Å². The maximum Gasteiger partial charge on any atom is 0.338 e. The number of phenols is 2. The SMILES string of the molecule is CCCCOc1c(F)c2c(c(F)c1Nc1ccc(C(=O)OCC)cc1)C(=O)c1c(O)ccc(O)c1C2=O. The molecule has 4 rings (SSSR count). The summed E-state index contributed by atoms with van der Waals surface area (Å²) < 4.78 is 42.2. The van der Waals surface area contributed by atoms with Crippen molar-refractivity contribution in [1.29, 1.82) is 0 Å². The predicted molar refractivity (Wildman–Crippen MR) is 129 cm³/mol. The van der Waals surface area contributed by atoms with E-state index in [9.17, 15) is 24.6 Å². The van der Waals surface area contributed by atoms with Gasteiger partial charge in [-0.2, -0.15) is 0 Å². The Bertz CT molecular complexity index is 1420. The number of fused-ring (bicyclic) bond motifs is 2. The van der Waals surface area contributed by atoms with Crippen molar-refractivity contribution in [2.75, 3.05) is 18.5 Å². The summed E-state index contributed by atoms with van der Waals surface area (Å²) in [5, 5.41) is 23.0. The molecule has 0 atom stereocenters. The Morgan fingerprint density at radius 2 is 1.43 bits per heavy atom. The zero-order valence-electron chi connectivity index (χ0n) is 20.0. The van der Waals surface area contributed by atoms with E-state index >= 15 is 8.78 Å². The zero-order chi connectivity index (χ0) is 26.9. The maximum atomic E-state index is 15.9. The highest BCUT2D eigenvalue weighted by Gasteiger charge is 2.41. The van der Waals surface area contributed by atoms with E-state index < -0.39 is 74.4 Å². The van der Waals surface area contributed by atoms with Crippen LogP contribution in [-0.2, 0) is 4.74 Å². The number of esters is 1. The number of unbranched alkanes of at least 4 members (excludes halogenated alkanes) is 1. The lowest BCUT2D eigenvalue weighted by atomic mass is 9.82. The second-order valence-corrected chi connectivity index (χ2v) is 8.22. The Balaban J connectivity index is 1.86. The molecule has 3 aromatic carbocycles. The third-order valence-corrected chi connectivity index (χ3v) is 5.81. The number of ether oxygens (including phenoxy) is 2. The number of anilines is 2. The highest BCUT2D eigenvalue weighted by Crippen LogP contribution is 2.45. The number of rotatable bonds is 8. The Labute approximate surface area is 210 Å². The van der Waals surface area contributed by atoms with E-state index in [1.165, 1.54) is 24.3 Å². The van der Waals surface area contributed by atoms with Crippen molar-refractivity contribution in [3.63, 3.8) is 0 Å². The minimum atomic E-state index is -1.29. The molecule has 192 valence electrons. The quantitative estimate of drug-likeness (QED) is 0.167. The number of ketones is 2. The standard InChI is InChI=1S/C27H23F2NO7/c1-3-5-12-37-26-22(29)20-19(24(33)17-15(31)10-11-16(32)18(17)25(20)34)21(28)23(26)30-14-8-6-13(7-9-14)27(35)36-4-2/h6-11,30-32H,3-5,12H2,1-2H3. The number of hydrogen-bond acceptors (Lipinski definition) is 8. The summed E-state index contributed by atoms with van der Waals surface area (Å²) in [7, 11) is 0. The van der Waals surface area contributed by atoms with E-state index in [1.807, 2.05) is 6.92 Å². The summed E-state index contributed by atoms with van der Waals surface area (Å²) >= 11 is 0. The molecule has 0 amide bonds. The number of carbonyl (C=O) groups is 3. The number of benzene rings is 3. The number of halogens is 2. The van der Waals surface area contributed by atoms with Crippen LogP contribution in [0.1, 0.15) is 68.9 Å². The van der Waals surface area contributed by atoms with Gasteiger partial charge in [-0.05, 0) is 49.7 Å². The highest BCUT2D eigenvalue weighted by atomic mass is 19.1. The van der Waals surface area contributed by atoms with Crippen LogP contribution in [0.3, 0.4) is 0 Å². The third-order valence-electron chi connectivity index (χ3n) is 5.81. The molecule has 0 aromatic heterocycles. The largest absolute Gasteiger partial charge is 0.507 e. The molecule has 3 aromatic rings. The lowest BCUT2D eigenvalue weighted by molar-refractivity contribution is 0.0526. The lowest BCUT2D eigenvalue weighted by Gasteiger charge is -2.24. The van der Waals surface area contributed by atoms with Gasteiger partial charge in [0.15, 0.2) is 17.4 Å². The van der Waals surface area contributed by atoms with E-state index in [1.54, 1.807) is 6.92 Å². The van der Waals surface area contributed by atoms with Gasteiger partial charge in [0, 0.05) is 5.69 Å². The molecule has 1 aliphatic carbocycles. The van der Waals surface area contributed by atoms with Crippen molar-refractivity contribution >= 4 is 28.9 Å². The van der Waals surface area contributed by atoms with E-state index in [0.717, 1.165) is 12.1 Å². The van der Waals surface area contributed by atoms with Gasteiger partial charge in [0.2, 0.25) is 11.6 Å². The second kappa shape index (κ2) is 10.3. The number of carbonyl (C=O) groups excluding carboxylic acids is 3. The predicted octanol–water partition coefficient (Wildman–Crippen LogP) is 5.25. The Kier molecular flexibility index (Phi) is 7.10. The summed E-state index contributed by atoms with van der Waals surface area (Å²) in [6.07, 6.45) is 1.18. The maximum absolute atomic E-state index is 15.9. The van der Waals surface area contributed by atoms with Gasteiger partial charge in [-0.1, -0.05) is 13.3 Å². The van der Waals surface area contributed by atoms with Gasteiger partial charge in [0.1, 0.15) is 17.2 Å². The second-order valence-electron chi connectivity index (χ2n) is 8.22. The normalized spacial score (nSPS) is 12.1. The summed E-state index contributed by atoms with van der Waals surface area (Å²) in [6, 6.07) is 7.63. The first-order valence-corrected chi connectivity index (χ1v) is 11.6. The topological polar surface area (TPSA) is 122 Å². The van der Waals surface area contributed by atoms with Crippen molar-refractivity contribution in [2.24, 2.45) is 0 Å². The van der Waals surface area contributed by atoms with Crippen LogP contribution in [0, 0.1) is 11.6 Å². The smallest absolute Gasteiger partial charge is 0.338 e. The molecular formula is C27H23F2NO7. The molecule has 0 heterocycles. The Morgan fingerprint density at radius 3 is 1.97 bits per heavy atom. The molecule has 0 aliphatic heterocycles. The molecule has 0 saturated heterocycles. The van der Waals surface area contributed by atoms with Gasteiger partial charge < -0.3 is 25.0 Å². The number of phenolic OH excluding ortho intramolecular Hbond substituents is 2. The van der Waals surface area contributed by atoms with Crippen LogP contribution in [0.5, 0.6) is 17.2 Å². The molecular weight excluding hydrogens is 488 g/mol. The molecule has 10 heteroatoms. The number of hydrogen-bond donors (Lipinski definition) is 3. The summed E-state index contributed by atoms with van der Waals surface area (Å²) in [5.74, 6) is -7.40. The van der Waals surface area contributed by atoms with Crippen LogP contribution in [-0.4, -0.2) is 41.0 Å². The highest BCUT2D eigenvalue weighted by molar-refractivity contribution is 6.31. The van der Waals surface area contributed by atoms with E-state index in [4.69, 9.17) is 9.47 Å². The van der Waals surface area contributed by atoms with Gasteiger partial charge in [0.05, 0.1) is 41.0 Å². The zero-order valence-corrected chi connectivity index (χ0v) is 20.0. The van der Waals surface area contributed by atoms with E-state index in [0.29, 0.717) is 12.8 Å². The molecule has 0 bridgehead atoms. The Morgan fingerprint density at radius 1 is 0.865 bits per heavy atom. The molecule has 0 spiro atoms. The fourth-order valence-electron chi connectivity index (χ4n) is 4.00. The average Bonchev–Trinajstić information content (AvgIpc) is 2.88. The van der Waals surface area contributed by atoms with Crippen LogP contribution < -0.4 is 10.1 Å². The molecule has 0 unspecified atom stereocenters. The minimum absolute atomic E-state index is 0.00706. The van der Waals surface area contributed by atoms with Crippen LogP contribution in [0.2, 0.25) is 0 Å². The average molecular weight is 511 g/mol. The molecule has 1 aliphatic rings. The first-order valence-electron chi connectivity index (χ1n) is 11.6. The molecule has 0 radical (unpaired) electrons. The lowest BCUT2D eigenvalue weighted by Crippen LogP contribution is -2.25. The molecule has 37 heavy (non-hydrogen) atoms. The fourth-order valence-corrected chi connectivity index (χ4v) is 4.00. The van der Waals surface area contributed by atoms with Crippen molar-refractivity contribution in [2.45, 2.75) is 26.7 Å². The van der Waals surface area contributed by atoms with Crippen molar-refractivity contribution in [3.05, 3.63) is 75.8 Å². The monoisotopic (exact) mass is 511 g/mol. The number of nitrogens with one attached hydrogen (secondary N) is 1. The van der Waals surface area contributed by atoms with Crippen LogP contribution in [0.15, 0.2) is 36.4 Å². The van der Waals surface area contributed by atoms with Crippen LogP contribution in [0.4, 0.5) is 20.2 Å². The molecule has 0 saturated carbocycles. The van der Waals surface area contributed by atoms with Crippen molar-refractivity contribution < 1.29 is 42.9 Å². The van der Waals surface area contributed by atoms with Crippen LogP contribution in [0.25, 0.3) is 0 Å². The van der Waals surface area contributed by atoms with Crippen molar-refractivity contribution in [3.8, 4) is 17.2 Å². The van der Waals surface area contributed by atoms with Crippen LogP contribution >= 0.6 is 0 Å². The first kappa shape index (κ1) is 25.6. The molecule has 3 N–H and O–H groups in total. The van der Waals surface area contributed by atoms with Gasteiger partial charge in [-0.15, -0.1) is 0 Å².